The minimum Gasteiger partial charge on any atom is -0.393 e. The number of nitrogens with zero attached hydrogens (tertiary/aromatic N) is 2. The molecule has 6 nitrogen and oxygen atoms in total. The van der Waals surface area contributed by atoms with Crippen LogP contribution >= 0.6 is 11.6 Å². The van der Waals surface area contributed by atoms with Gasteiger partial charge in [0.25, 0.3) is 0 Å². The summed E-state index contributed by atoms with van der Waals surface area (Å²) in [5.74, 6) is 0. The minimum atomic E-state index is -1.78. The molecule has 0 radical (unpaired) electrons. The summed E-state index contributed by atoms with van der Waals surface area (Å²) in [5.41, 5.74) is 3.81. The Morgan fingerprint density at radius 2 is 2.53 bits per heavy atom. The molecule has 0 saturated heterocycles. The van der Waals surface area contributed by atoms with Gasteiger partial charge in [-0.05, 0) is 13.0 Å². The number of allylic oxidation sites excluding steroid dienone is 1. The zero-order valence-corrected chi connectivity index (χ0v) is 8.89. The van der Waals surface area contributed by atoms with Gasteiger partial charge in [0, 0.05) is 17.4 Å². The summed E-state index contributed by atoms with van der Waals surface area (Å²) < 4.78 is 0. The van der Waals surface area contributed by atoms with Gasteiger partial charge in [-0.2, -0.15) is 0 Å². The van der Waals surface area contributed by atoms with Crippen molar-refractivity contribution >= 4 is 16.8 Å². The molecule has 0 aromatic rings. The number of nitrogens with two attached hydrogens (primary N) is 1. The predicted molar refractivity (Wildman–Crippen MR) is 56.4 cm³/mol. The summed E-state index contributed by atoms with van der Waals surface area (Å²) >= 11 is 5.63. The molecule has 0 fully saturated rings. The monoisotopic (exact) mass is 233 g/mol. The lowest BCUT2D eigenvalue weighted by Gasteiger charge is -2.27. The van der Waals surface area contributed by atoms with Gasteiger partial charge in [-0.25, -0.2) is 0 Å². The van der Waals surface area contributed by atoms with Gasteiger partial charge in [0.2, 0.25) is 0 Å². The highest BCUT2D eigenvalue weighted by Crippen LogP contribution is 2.23. The van der Waals surface area contributed by atoms with E-state index in [9.17, 15) is 15.2 Å². The SMILES string of the molecule is CC(O)CC1N=C(Cl)C=CC1(N)[N+](=O)[O-]. The van der Waals surface area contributed by atoms with E-state index in [4.69, 9.17) is 17.3 Å². The molecular weight excluding hydrogens is 222 g/mol. The van der Waals surface area contributed by atoms with Crippen molar-refractivity contribution < 1.29 is 10.0 Å². The first-order valence-corrected chi connectivity index (χ1v) is 4.78. The molecule has 0 aromatic carbocycles. The molecule has 3 atom stereocenters. The van der Waals surface area contributed by atoms with Gasteiger partial charge in [-0.15, -0.1) is 0 Å². The Hall–Kier alpha value is -0.980. The third-order valence-electron chi connectivity index (χ3n) is 2.18. The third-order valence-corrected chi connectivity index (χ3v) is 2.40. The van der Waals surface area contributed by atoms with Crippen molar-refractivity contribution in [2.75, 3.05) is 0 Å². The lowest BCUT2D eigenvalue weighted by Crippen LogP contribution is -2.57. The highest BCUT2D eigenvalue weighted by atomic mass is 35.5. The van der Waals surface area contributed by atoms with E-state index in [1.807, 2.05) is 0 Å². The van der Waals surface area contributed by atoms with E-state index in [1.54, 1.807) is 0 Å². The first kappa shape index (κ1) is 12.1. The fourth-order valence-electron chi connectivity index (χ4n) is 1.36. The van der Waals surface area contributed by atoms with Gasteiger partial charge in [0.1, 0.15) is 11.2 Å². The number of dihydropyridines is 1. The van der Waals surface area contributed by atoms with Crippen molar-refractivity contribution in [3.05, 3.63) is 22.3 Å². The predicted octanol–water partition coefficient (Wildman–Crippen LogP) is 0.265. The zero-order valence-electron chi connectivity index (χ0n) is 8.13. The van der Waals surface area contributed by atoms with E-state index in [0.29, 0.717) is 0 Å². The fourth-order valence-corrected chi connectivity index (χ4v) is 1.54. The van der Waals surface area contributed by atoms with E-state index >= 15 is 0 Å². The van der Waals surface area contributed by atoms with Crippen LogP contribution in [0, 0.1) is 10.1 Å². The zero-order chi connectivity index (χ0) is 11.6. The number of aliphatic imine (C=N–C) groups is 1. The smallest absolute Gasteiger partial charge is 0.314 e. The summed E-state index contributed by atoms with van der Waals surface area (Å²) in [6.45, 7) is 1.52. The van der Waals surface area contributed by atoms with Crippen LogP contribution in [0.3, 0.4) is 0 Å². The van der Waals surface area contributed by atoms with Crippen LogP contribution < -0.4 is 5.73 Å². The number of halogens is 1. The molecule has 0 spiro atoms. The van der Waals surface area contributed by atoms with Crippen LogP contribution in [0.1, 0.15) is 13.3 Å². The van der Waals surface area contributed by atoms with Crippen molar-refractivity contribution in [1.82, 2.24) is 0 Å². The van der Waals surface area contributed by atoms with Gasteiger partial charge in [-0.3, -0.25) is 20.8 Å². The third kappa shape index (κ3) is 2.53. The first-order chi connectivity index (χ1) is 6.86. The summed E-state index contributed by atoms with van der Waals surface area (Å²) in [7, 11) is 0. The molecule has 0 bridgehead atoms. The van der Waals surface area contributed by atoms with E-state index < -0.39 is 22.7 Å². The molecule has 1 heterocycles. The standard InChI is InChI=1S/C8H12ClN3O3/c1-5(13)4-6-8(10,12(14)15)3-2-7(9)11-6/h2-3,5-6,13H,4,10H2,1H3. The largest absolute Gasteiger partial charge is 0.393 e. The molecule has 1 rings (SSSR count). The van der Waals surface area contributed by atoms with Gasteiger partial charge < -0.3 is 5.11 Å². The number of rotatable bonds is 3. The fraction of sp³-hybridized carbons (Fsp3) is 0.625. The van der Waals surface area contributed by atoms with Gasteiger partial charge in [0.05, 0.1) is 6.10 Å². The number of aliphatic hydroxyl groups excluding tert-OH is 1. The Bertz CT molecular complexity index is 329. The van der Waals surface area contributed by atoms with Crippen molar-refractivity contribution in [1.29, 1.82) is 0 Å². The lowest BCUT2D eigenvalue weighted by atomic mass is 9.95. The summed E-state index contributed by atoms with van der Waals surface area (Å²) in [6.07, 6.45) is 1.87. The van der Waals surface area contributed by atoms with Crippen LogP contribution in [0.4, 0.5) is 0 Å². The van der Waals surface area contributed by atoms with Crippen LogP contribution in [0.5, 0.6) is 0 Å². The van der Waals surface area contributed by atoms with Crippen molar-refractivity contribution in [2.24, 2.45) is 10.7 Å². The van der Waals surface area contributed by atoms with Gasteiger partial charge in [0.15, 0.2) is 0 Å². The molecule has 0 amide bonds. The highest BCUT2D eigenvalue weighted by molar-refractivity contribution is 6.68. The molecule has 15 heavy (non-hydrogen) atoms. The van der Waals surface area contributed by atoms with E-state index in [0.717, 1.165) is 0 Å². The second kappa shape index (κ2) is 4.26. The molecule has 7 heteroatoms. The number of hydrogen-bond donors (Lipinski definition) is 2. The van der Waals surface area contributed by atoms with Crippen LogP contribution in [-0.2, 0) is 0 Å². The maximum absolute atomic E-state index is 10.8. The average Bonchev–Trinajstić information content (AvgIpc) is 2.10. The van der Waals surface area contributed by atoms with Crippen LogP contribution in [0.25, 0.3) is 0 Å². The molecule has 1 aliphatic heterocycles. The minimum absolute atomic E-state index is 0.0953. The van der Waals surface area contributed by atoms with E-state index in [2.05, 4.69) is 4.99 Å². The van der Waals surface area contributed by atoms with Crippen molar-refractivity contribution in [3.63, 3.8) is 0 Å². The molecule has 84 valence electrons. The molecule has 0 aromatic heterocycles. The molecule has 0 aliphatic carbocycles. The van der Waals surface area contributed by atoms with Crippen LogP contribution in [-0.4, -0.2) is 33.0 Å². The van der Waals surface area contributed by atoms with Gasteiger partial charge in [-0.1, -0.05) is 11.6 Å². The number of nitro groups is 1. The highest BCUT2D eigenvalue weighted by Gasteiger charge is 2.46. The Balaban J connectivity index is 2.97. The second-order valence-electron chi connectivity index (χ2n) is 3.53. The summed E-state index contributed by atoms with van der Waals surface area (Å²) in [4.78, 5) is 14.1. The average molecular weight is 234 g/mol. The maximum Gasteiger partial charge on any atom is 0.314 e. The van der Waals surface area contributed by atoms with Crippen molar-refractivity contribution in [2.45, 2.75) is 31.2 Å². The van der Waals surface area contributed by atoms with Crippen molar-refractivity contribution in [3.8, 4) is 0 Å². The molecule has 3 N–H and O–H groups in total. The lowest BCUT2D eigenvalue weighted by molar-refractivity contribution is -0.558. The Morgan fingerprint density at radius 1 is 1.93 bits per heavy atom. The Kier molecular flexibility index (Phi) is 3.43. The second-order valence-corrected chi connectivity index (χ2v) is 3.92. The number of hydrogen-bond acceptors (Lipinski definition) is 5. The van der Waals surface area contributed by atoms with E-state index in [-0.39, 0.29) is 11.6 Å². The normalized spacial score (nSPS) is 32.3. The number of aliphatic hydroxyl groups is 1. The van der Waals surface area contributed by atoms with Gasteiger partial charge >= 0.3 is 5.66 Å². The Labute approximate surface area is 91.6 Å². The quantitative estimate of drug-likeness (QED) is 0.415. The Morgan fingerprint density at radius 3 is 3.00 bits per heavy atom. The van der Waals surface area contributed by atoms with Crippen LogP contribution in [0.15, 0.2) is 17.1 Å². The van der Waals surface area contributed by atoms with E-state index in [1.165, 1.54) is 19.1 Å². The molecule has 3 unspecified atom stereocenters. The molecular formula is C8H12ClN3O3. The topological polar surface area (TPSA) is 102 Å². The van der Waals surface area contributed by atoms with Crippen LogP contribution in [0.2, 0.25) is 0 Å². The summed E-state index contributed by atoms with van der Waals surface area (Å²) in [6, 6.07) is -0.843. The summed E-state index contributed by atoms with van der Waals surface area (Å²) in [5, 5.41) is 20.2. The first-order valence-electron chi connectivity index (χ1n) is 4.40. The molecule has 0 saturated carbocycles. The maximum atomic E-state index is 10.8. The molecule has 1 aliphatic rings.